The third-order valence-electron chi connectivity index (χ3n) is 3.49. The average molecular weight is 269 g/mol. The second-order valence-electron chi connectivity index (χ2n) is 6.00. The lowest BCUT2D eigenvalue weighted by Crippen LogP contribution is -2.13. The van der Waals surface area contributed by atoms with E-state index in [1.807, 2.05) is 24.3 Å². The molecule has 0 atom stereocenters. The van der Waals surface area contributed by atoms with Gasteiger partial charge in [-0.15, -0.1) is 0 Å². The number of hydrogen-bond donors (Lipinski definition) is 0. The molecule has 104 valence electrons. The van der Waals surface area contributed by atoms with Crippen molar-refractivity contribution in [3.05, 3.63) is 47.5 Å². The highest BCUT2D eigenvalue weighted by Gasteiger charge is 2.25. The maximum Gasteiger partial charge on any atom is 0.144 e. The lowest BCUT2D eigenvalue weighted by atomic mass is 9.93. The van der Waals surface area contributed by atoms with Gasteiger partial charge in [-0.25, -0.2) is 4.98 Å². The van der Waals surface area contributed by atoms with E-state index in [4.69, 9.17) is 9.72 Å². The van der Waals surface area contributed by atoms with Gasteiger partial charge in [-0.3, -0.25) is 9.56 Å². The van der Waals surface area contributed by atoms with Gasteiger partial charge in [0.2, 0.25) is 0 Å². The predicted molar refractivity (Wildman–Crippen MR) is 79.6 cm³/mol. The highest BCUT2D eigenvalue weighted by Crippen LogP contribution is 2.27. The van der Waals surface area contributed by atoms with E-state index in [0.717, 1.165) is 28.7 Å². The van der Waals surface area contributed by atoms with E-state index in [-0.39, 0.29) is 5.41 Å². The summed E-state index contributed by atoms with van der Waals surface area (Å²) in [6.45, 7) is 7.14. The number of hydrogen-bond acceptors (Lipinski definition) is 3. The first-order valence-corrected chi connectivity index (χ1v) is 6.77. The molecule has 1 aromatic carbocycles. The molecule has 0 aliphatic carbocycles. The van der Waals surface area contributed by atoms with Crippen molar-refractivity contribution in [2.45, 2.75) is 32.7 Å². The van der Waals surface area contributed by atoms with Gasteiger partial charge in [0.1, 0.15) is 17.4 Å². The van der Waals surface area contributed by atoms with Crippen molar-refractivity contribution >= 4 is 5.84 Å². The Morgan fingerprint density at radius 1 is 1.20 bits per heavy atom. The summed E-state index contributed by atoms with van der Waals surface area (Å²) in [6.07, 6.45) is 2.09. The van der Waals surface area contributed by atoms with Crippen molar-refractivity contribution in [1.82, 2.24) is 9.55 Å². The molecule has 1 aromatic heterocycles. The van der Waals surface area contributed by atoms with E-state index >= 15 is 0 Å². The normalized spacial score (nSPS) is 14.1. The van der Waals surface area contributed by atoms with E-state index in [9.17, 15) is 0 Å². The third-order valence-corrected chi connectivity index (χ3v) is 3.49. The van der Waals surface area contributed by atoms with Crippen molar-refractivity contribution < 1.29 is 4.74 Å². The van der Waals surface area contributed by atoms with E-state index < -0.39 is 0 Å². The number of ether oxygens (including phenoxy) is 1. The zero-order valence-corrected chi connectivity index (χ0v) is 12.3. The molecule has 1 aliphatic heterocycles. The van der Waals surface area contributed by atoms with E-state index in [2.05, 4.69) is 36.5 Å². The summed E-state index contributed by atoms with van der Waals surface area (Å²) in [7, 11) is 1.68. The monoisotopic (exact) mass is 269 g/mol. The van der Waals surface area contributed by atoms with Crippen LogP contribution in [0.5, 0.6) is 5.75 Å². The Labute approximate surface area is 119 Å². The Morgan fingerprint density at radius 2 is 1.95 bits per heavy atom. The quantitative estimate of drug-likeness (QED) is 0.840. The largest absolute Gasteiger partial charge is 0.496 e. The molecule has 0 fully saturated rings. The number of aliphatic imine (C=N–C) groups is 1. The molecule has 0 radical (unpaired) electrons. The summed E-state index contributed by atoms with van der Waals surface area (Å²) in [5.41, 5.74) is 2.14. The highest BCUT2D eigenvalue weighted by atomic mass is 16.5. The molecule has 0 saturated carbocycles. The Morgan fingerprint density at radius 3 is 2.65 bits per heavy atom. The summed E-state index contributed by atoms with van der Waals surface area (Å²) in [4.78, 5) is 9.30. The number of aromatic nitrogens is 2. The van der Waals surface area contributed by atoms with Gasteiger partial charge in [0.15, 0.2) is 0 Å². The number of para-hydroxylation sites is 1. The Kier molecular flexibility index (Phi) is 2.89. The second kappa shape index (κ2) is 4.47. The Hall–Kier alpha value is -2.10. The van der Waals surface area contributed by atoms with E-state index in [1.54, 1.807) is 7.11 Å². The fraction of sp³-hybridized carbons (Fsp3) is 0.375. The standard InChI is InChI=1S/C16H19N3O/c1-16(2,3)13-10-19-14(18-13)9-17-15(19)11-7-5-6-8-12(11)20-4/h5-8,10H,9H2,1-4H3. The van der Waals surface area contributed by atoms with Gasteiger partial charge in [0, 0.05) is 11.6 Å². The second-order valence-corrected chi connectivity index (χ2v) is 6.00. The molecular formula is C16H19N3O. The minimum atomic E-state index is 0.0449. The molecule has 0 unspecified atom stereocenters. The molecule has 4 nitrogen and oxygen atoms in total. The van der Waals surface area contributed by atoms with Crippen molar-refractivity contribution in [2.24, 2.45) is 4.99 Å². The fourth-order valence-electron chi connectivity index (χ4n) is 2.34. The fourth-order valence-corrected chi connectivity index (χ4v) is 2.34. The van der Waals surface area contributed by atoms with Gasteiger partial charge in [0.05, 0.1) is 24.9 Å². The van der Waals surface area contributed by atoms with Gasteiger partial charge in [-0.1, -0.05) is 32.9 Å². The molecule has 1 aliphatic rings. The smallest absolute Gasteiger partial charge is 0.144 e. The topological polar surface area (TPSA) is 39.4 Å². The van der Waals surface area contributed by atoms with E-state index in [0.29, 0.717) is 6.54 Å². The first-order chi connectivity index (χ1) is 9.50. The first kappa shape index (κ1) is 12.9. The van der Waals surface area contributed by atoms with Gasteiger partial charge in [-0.2, -0.15) is 0 Å². The minimum Gasteiger partial charge on any atom is -0.496 e. The van der Waals surface area contributed by atoms with Crippen molar-refractivity contribution in [1.29, 1.82) is 0 Å². The third kappa shape index (κ3) is 2.01. The SMILES string of the molecule is COc1ccccc1C1=NCc2nc(C(C)(C)C)cn21. The van der Waals surface area contributed by atoms with Crippen LogP contribution in [0.2, 0.25) is 0 Å². The number of rotatable bonds is 2. The molecule has 20 heavy (non-hydrogen) atoms. The molecule has 2 heterocycles. The van der Waals surface area contributed by atoms with Crippen LogP contribution in [0.1, 0.15) is 37.9 Å². The van der Waals surface area contributed by atoms with Gasteiger partial charge in [-0.05, 0) is 12.1 Å². The molecular weight excluding hydrogens is 250 g/mol. The van der Waals surface area contributed by atoms with Crippen LogP contribution in [0.4, 0.5) is 0 Å². The molecule has 0 saturated heterocycles. The van der Waals surface area contributed by atoms with Crippen LogP contribution < -0.4 is 4.74 Å². The number of imidazole rings is 1. The molecule has 0 N–H and O–H groups in total. The maximum absolute atomic E-state index is 5.43. The lowest BCUT2D eigenvalue weighted by molar-refractivity contribution is 0.414. The number of benzene rings is 1. The zero-order valence-electron chi connectivity index (χ0n) is 12.3. The highest BCUT2D eigenvalue weighted by molar-refractivity contribution is 6.04. The van der Waals surface area contributed by atoms with Crippen LogP contribution in [0.15, 0.2) is 35.5 Å². The first-order valence-electron chi connectivity index (χ1n) is 6.77. The van der Waals surface area contributed by atoms with Crippen LogP contribution in [0.3, 0.4) is 0 Å². The molecule has 0 amide bonds. The Balaban J connectivity index is 2.07. The molecule has 2 aromatic rings. The molecule has 0 spiro atoms. The van der Waals surface area contributed by atoms with Gasteiger partial charge >= 0.3 is 0 Å². The van der Waals surface area contributed by atoms with Gasteiger partial charge < -0.3 is 4.74 Å². The van der Waals surface area contributed by atoms with Crippen LogP contribution in [-0.2, 0) is 12.0 Å². The van der Waals surface area contributed by atoms with Crippen molar-refractivity contribution in [3.63, 3.8) is 0 Å². The predicted octanol–water partition coefficient (Wildman–Crippen LogP) is 3.00. The number of methoxy groups -OCH3 is 1. The summed E-state index contributed by atoms with van der Waals surface area (Å²) in [6, 6.07) is 7.95. The Bertz CT molecular complexity index is 677. The summed E-state index contributed by atoms with van der Waals surface area (Å²) in [5, 5.41) is 0. The summed E-state index contributed by atoms with van der Waals surface area (Å²) < 4.78 is 7.51. The van der Waals surface area contributed by atoms with Crippen molar-refractivity contribution in [2.75, 3.05) is 7.11 Å². The van der Waals surface area contributed by atoms with Crippen LogP contribution in [-0.4, -0.2) is 22.5 Å². The maximum atomic E-state index is 5.43. The minimum absolute atomic E-state index is 0.0449. The zero-order chi connectivity index (χ0) is 14.3. The average Bonchev–Trinajstić information content (AvgIpc) is 2.97. The van der Waals surface area contributed by atoms with Crippen molar-refractivity contribution in [3.8, 4) is 5.75 Å². The molecule has 0 bridgehead atoms. The van der Waals surface area contributed by atoms with Gasteiger partial charge in [0.25, 0.3) is 0 Å². The summed E-state index contributed by atoms with van der Waals surface area (Å²) in [5.74, 6) is 2.75. The lowest BCUT2D eigenvalue weighted by Gasteiger charge is -2.14. The van der Waals surface area contributed by atoms with E-state index in [1.165, 1.54) is 0 Å². The number of nitrogens with zero attached hydrogens (tertiary/aromatic N) is 3. The molecule has 4 heteroatoms. The van der Waals surface area contributed by atoms with Crippen LogP contribution in [0.25, 0.3) is 0 Å². The number of fused-ring (bicyclic) bond motifs is 1. The van der Waals surface area contributed by atoms with Crippen LogP contribution >= 0.6 is 0 Å². The molecule has 3 rings (SSSR count). The summed E-state index contributed by atoms with van der Waals surface area (Å²) >= 11 is 0. The van der Waals surface area contributed by atoms with Crippen LogP contribution in [0, 0.1) is 0 Å².